The number of halogens is 2. The lowest BCUT2D eigenvalue weighted by Crippen LogP contribution is -2.45. The summed E-state index contributed by atoms with van der Waals surface area (Å²) in [4.78, 5) is -0.257. The SMILES string of the molecule is O=S(=O)(N[C@@H]1CCCNC1)c1ccc(F)c(F)c1. The van der Waals surface area contributed by atoms with E-state index in [1.807, 2.05) is 0 Å². The molecule has 7 heteroatoms. The summed E-state index contributed by atoms with van der Waals surface area (Å²) in [6.45, 7) is 1.41. The van der Waals surface area contributed by atoms with Crippen molar-refractivity contribution in [2.24, 2.45) is 0 Å². The van der Waals surface area contributed by atoms with Crippen molar-refractivity contribution in [2.45, 2.75) is 23.8 Å². The third-order valence-corrected chi connectivity index (χ3v) is 4.34. The molecule has 0 bridgehead atoms. The predicted molar refractivity (Wildman–Crippen MR) is 62.6 cm³/mol. The third kappa shape index (κ3) is 3.04. The minimum atomic E-state index is -3.80. The Bertz CT molecular complexity index is 528. The highest BCUT2D eigenvalue weighted by Crippen LogP contribution is 2.15. The number of nitrogens with one attached hydrogen (secondary N) is 2. The summed E-state index contributed by atoms with van der Waals surface area (Å²) in [5.41, 5.74) is 0. The van der Waals surface area contributed by atoms with Gasteiger partial charge in [0.1, 0.15) is 0 Å². The molecule has 0 aromatic heterocycles. The van der Waals surface area contributed by atoms with Gasteiger partial charge in [-0.15, -0.1) is 0 Å². The fourth-order valence-electron chi connectivity index (χ4n) is 1.88. The topological polar surface area (TPSA) is 58.2 Å². The zero-order valence-electron chi connectivity index (χ0n) is 9.62. The van der Waals surface area contributed by atoms with E-state index in [9.17, 15) is 17.2 Å². The molecular weight excluding hydrogens is 262 g/mol. The van der Waals surface area contributed by atoms with Crippen molar-refractivity contribution >= 4 is 10.0 Å². The van der Waals surface area contributed by atoms with E-state index in [0.29, 0.717) is 12.6 Å². The molecule has 0 unspecified atom stereocenters. The van der Waals surface area contributed by atoms with E-state index < -0.39 is 21.7 Å². The van der Waals surface area contributed by atoms with Crippen LogP contribution < -0.4 is 10.0 Å². The normalized spacial score (nSPS) is 20.9. The fraction of sp³-hybridized carbons (Fsp3) is 0.455. The molecule has 100 valence electrons. The van der Waals surface area contributed by atoms with Gasteiger partial charge in [-0.2, -0.15) is 0 Å². The molecule has 1 heterocycles. The van der Waals surface area contributed by atoms with Gasteiger partial charge in [-0.05, 0) is 37.6 Å². The van der Waals surface area contributed by atoms with Gasteiger partial charge < -0.3 is 5.32 Å². The van der Waals surface area contributed by atoms with Crippen LogP contribution in [0.1, 0.15) is 12.8 Å². The van der Waals surface area contributed by atoms with Crippen molar-refractivity contribution in [1.29, 1.82) is 0 Å². The Morgan fingerprint density at radius 1 is 1.28 bits per heavy atom. The number of sulfonamides is 1. The van der Waals surface area contributed by atoms with Crippen LogP contribution in [0.5, 0.6) is 0 Å². The summed E-state index contributed by atoms with van der Waals surface area (Å²) >= 11 is 0. The van der Waals surface area contributed by atoms with Crippen LogP contribution in [-0.4, -0.2) is 27.5 Å². The second kappa shape index (κ2) is 5.29. The van der Waals surface area contributed by atoms with Crippen LogP contribution >= 0.6 is 0 Å². The summed E-state index contributed by atoms with van der Waals surface area (Å²) < 4.78 is 52.1. The summed E-state index contributed by atoms with van der Waals surface area (Å²) in [5, 5.41) is 3.07. The second-order valence-electron chi connectivity index (χ2n) is 4.24. The fourth-order valence-corrected chi connectivity index (χ4v) is 3.17. The van der Waals surface area contributed by atoms with E-state index in [1.165, 1.54) is 0 Å². The lowest BCUT2D eigenvalue weighted by molar-refractivity contribution is 0.428. The molecule has 0 amide bonds. The van der Waals surface area contributed by atoms with Gasteiger partial charge >= 0.3 is 0 Å². The zero-order valence-corrected chi connectivity index (χ0v) is 10.4. The molecule has 2 rings (SSSR count). The second-order valence-corrected chi connectivity index (χ2v) is 5.95. The first-order chi connectivity index (χ1) is 8.49. The van der Waals surface area contributed by atoms with E-state index in [-0.39, 0.29) is 10.9 Å². The first kappa shape index (κ1) is 13.4. The van der Waals surface area contributed by atoms with Crippen LogP contribution in [0.4, 0.5) is 8.78 Å². The molecule has 0 aliphatic carbocycles. The highest BCUT2D eigenvalue weighted by molar-refractivity contribution is 7.89. The number of hydrogen-bond donors (Lipinski definition) is 2. The molecule has 18 heavy (non-hydrogen) atoms. The summed E-state index contributed by atoms with van der Waals surface area (Å²) in [5.74, 6) is -2.23. The van der Waals surface area contributed by atoms with E-state index >= 15 is 0 Å². The van der Waals surface area contributed by atoms with Crippen LogP contribution in [0.3, 0.4) is 0 Å². The molecule has 1 aromatic carbocycles. The highest BCUT2D eigenvalue weighted by Gasteiger charge is 2.22. The van der Waals surface area contributed by atoms with E-state index in [2.05, 4.69) is 10.0 Å². The molecule has 1 aromatic rings. The molecule has 2 N–H and O–H groups in total. The molecule has 1 saturated heterocycles. The lowest BCUT2D eigenvalue weighted by Gasteiger charge is -2.23. The number of piperidine rings is 1. The van der Waals surface area contributed by atoms with Crippen molar-refractivity contribution in [3.05, 3.63) is 29.8 Å². The van der Waals surface area contributed by atoms with Crippen LogP contribution in [0.25, 0.3) is 0 Å². The maximum atomic E-state index is 13.0. The van der Waals surface area contributed by atoms with Crippen molar-refractivity contribution in [3.8, 4) is 0 Å². The maximum Gasteiger partial charge on any atom is 0.240 e. The molecule has 1 aliphatic rings. The monoisotopic (exact) mass is 276 g/mol. The van der Waals surface area contributed by atoms with Crippen LogP contribution in [0, 0.1) is 11.6 Å². The van der Waals surface area contributed by atoms with E-state index in [1.54, 1.807) is 0 Å². The molecule has 1 aliphatic heterocycles. The molecule has 0 spiro atoms. The van der Waals surface area contributed by atoms with Crippen molar-refractivity contribution < 1.29 is 17.2 Å². The Morgan fingerprint density at radius 3 is 2.67 bits per heavy atom. The van der Waals surface area contributed by atoms with Gasteiger partial charge in [0.25, 0.3) is 0 Å². The van der Waals surface area contributed by atoms with Gasteiger partial charge in [0, 0.05) is 12.6 Å². The molecule has 0 saturated carbocycles. The number of hydrogen-bond acceptors (Lipinski definition) is 3. The average Bonchev–Trinajstić information content (AvgIpc) is 2.33. The van der Waals surface area contributed by atoms with Gasteiger partial charge in [0.2, 0.25) is 10.0 Å². The third-order valence-electron chi connectivity index (χ3n) is 2.82. The van der Waals surface area contributed by atoms with Crippen molar-refractivity contribution in [1.82, 2.24) is 10.0 Å². The molecule has 1 fully saturated rings. The minimum Gasteiger partial charge on any atom is -0.315 e. The average molecular weight is 276 g/mol. The van der Waals surface area contributed by atoms with Gasteiger partial charge in [-0.25, -0.2) is 21.9 Å². The summed E-state index contributed by atoms with van der Waals surface area (Å²) in [6, 6.07) is 2.34. The van der Waals surface area contributed by atoms with Gasteiger partial charge in [0.15, 0.2) is 11.6 Å². The van der Waals surface area contributed by atoms with Gasteiger partial charge in [-0.1, -0.05) is 0 Å². The van der Waals surface area contributed by atoms with Crippen molar-refractivity contribution in [2.75, 3.05) is 13.1 Å². The quantitative estimate of drug-likeness (QED) is 0.866. The Labute approximate surface area is 104 Å². The Morgan fingerprint density at radius 2 is 2.06 bits per heavy atom. The first-order valence-electron chi connectivity index (χ1n) is 5.67. The van der Waals surface area contributed by atoms with Crippen molar-refractivity contribution in [3.63, 3.8) is 0 Å². The maximum absolute atomic E-state index is 13.0. The van der Waals surface area contributed by atoms with E-state index in [0.717, 1.165) is 31.5 Å². The molecular formula is C11H14F2N2O2S. The van der Waals surface area contributed by atoms with Crippen LogP contribution in [0.15, 0.2) is 23.1 Å². The predicted octanol–water partition coefficient (Wildman–Crippen LogP) is 0.995. The Kier molecular flexibility index (Phi) is 3.94. The highest BCUT2D eigenvalue weighted by atomic mass is 32.2. The Hall–Kier alpha value is -1.05. The standard InChI is InChI=1S/C11H14F2N2O2S/c12-10-4-3-9(6-11(10)13)18(16,17)15-8-2-1-5-14-7-8/h3-4,6,8,14-15H,1-2,5,7H2/t8-/m1/s1. The summed E-state index contributed by atoms with van der Waals surface area (Å²) in [6.07, 6.45) is 1.61. The van der Waals surface area contributed by atoms with Gasteiger partial charge in [-0.3, -0.25) is 0 Å². The largest absolute Gasteiger partial charge is 0.315 e. The zero-order chi connectivity index (χ0) is 13.2. The lowest BCUT2D eigenvalue weighted by atomic mass is 10.1. The minimum absolute atomic E-state index is 0.211. The first-order valence-corrected chi connectivity index (χ1v) is 7.15. The van der Waals surface area contributed by atoms with Crippen LogP contribution in [0.2, 0.25) is 0 Å². The molecule has 1 atom stereocenters. The van der Waals surface area contributed by atoms with E-state index in [4.69, 9.17) is 0 Å². The Balaban J connectivity index is 2.16. The number of benzene rings is 1. The molecule has 0 radical (unpaired) electrons. The molecule has 4 nitrogen and oxygen atoms in total. The smallest absolute Gasteiger partial charge is 0.240 e. The number of rotatable bonds is 3. The van der Waals surface area contributed by atoms with Crippen LogP contribution in [-0.2, 0) is 10.0 Å². The summed E-state index contributed by atoms with van der Waals surface area (Å²) in [7, 11) is -3.80. The van der Waals surface area contributed by atoms with Gasteiger partial charge in [0.05, 0.1) is 4.90 Å².